The smallest absolute Gasteiger partial charge is 0.290 e. The molecule has 7 nitrogen and oxygen atoms in total. The molecule has 0 radical (unpaired) electrons. The number of benzene rings is 1. The molecule has 1 aromatic carbocycles. The molecule has 1 aliphatic heterocycles. The van der Waals surface area contributed by atoms with E-state index in [2.05, 4.69) is 4.98 Å². The van der Waals surface area contributed by atoms with Gasteiger partial charge in [-0.3, -0.25) is 14.6 Å². The minimum Gasteiger partial charge on any atom is -0.496 e. The van der Waals surface area contributed by atoms with Crippen LogP contribution in [0.4, 0.5) is 0 Å². The van der Waals surface area contributed by atoms with Crippen LogP contribution in [-0.4, -0.2) is 58.8 Å². The minimum absolute atomic E-state index is 0.0350. The van der Waals surface area contributed by atoms with E-state index in [1.54, 1.807) is 30.5 Å². The maximum absolute atomic E-state index is 12.8. The van der Waals surface area contributed by atoms with E-state index in [1.165, 1.54) is 0 Å². The van der Waals surface area contributed by atoms with Gasteiger partial charge in [0.05, 0.1) is 18.8 Å². The van der Waals surface area contributed by atoms with Crippen molar-refractivity contribution in [2.75, 3.05) is 20.2 Å². The highest BCUT2D eigenvalue weighted by Crippen LogP contribution is 2.26. The number of carbonyl (C=O) groups is 2. The first-order valence-electron chi connectivity index (χ1n) is 8.58. The average molecular weight is 372 g/mol. The van der Waals surface area contributed by atoms with E-state index in [-0.39, 0.29) is 18.3 Å². The number of pyridine rings is 1. The lowest BCUT2D eigenvalue weighted by Crippen LogP contribution is -2.30. The fraction of sp³-hybridized carbons (Fsp3) is 0.350. The second-order valence-electron chi connectivity index (χ2n) is 6.41. The van der Waals surface area contributed by atoms with Crippen LogP contribution in [0.5, 0.6) is 5.75 Å². The molecule has 1 aliphatic rings. The summed E-state index contributed by atoms with van der Waals surface area (Å²) >= 11 is 0. The SMILES string of the molecule is COc1cc(C)ccc1C(=O)N1C[C@@H](Cc2ccncc2)[C@@H](O)C1.O=CO. The summed E-state index contributed by atoms with van der Waals surface area (Å²) in [4.78, 5) is 26.9. The molecule has 0 spiro atoms. The van der Waals surface area contributed by atoms with E-state index in [9.17, 15) is 9.90 Å². The quantitative estimate of drug-likeness (QED) is 0.794. The molecule has 2 aromatic rings. The van der Waals surface area contributed by atoms with Gasteiger partial charge in [-0.1, -0.05) is 6.07 Å². The molecule has 1 amide bonds. The molecule has 0 saturated carbocycles. The van der Waals surface area contributed by atoms with Gasteiger partial charge in [-0.05, 0) is 48.7 Å². The van der Waals surface area contributed by atoms with Crippen molar-refractivity contribution < 1.29 is 24.5 Å². The highest BCUT2D eigenvalue weighted by molar-refractivity contribution is 5.97. The molecule has 1 aromatic heterocycles. The van der Waals surface area contributed by atoms with Crippen LogP contribution in [0.15, 0.2) is 42.7 Å². The summed E-state index contributed by atoms with van der Waals surface area (Å²) in [6.45, 7) is 2.60. The predicted octanol–water partition coefficient (Wildman–Crippen LogP) is 1.78. The number of carbonyl (C=O) groups excluding carboxylic acids is 1. The van der Waals surface area contributed by atoms with Gasteiger partial charge in [-0.15, -0.1) is 0 Å². The summed E-state index contributed by atoms with van der Waals surface area (Å²) in [5, 5.41) is 17.2. The summed E-state index contributed by atoms with van der Waals surface area (Å²) in [6, 6.07) is 9.43. The molecule has 1 fully saturated rings. The van der Waals surface area contributed by atoms with E-state index in [4.69, 9.17) is 14.6 Å². The normalized spacial score (nSPS) is 18.4. The lowest BCUT2D eigenvalue weighted by molar-refractivity contribution is -0.122. The number of hydrogen-bond donors (Lipinski definition) is 2. The third-order valence-corrected chi connectivity index (χ3v) is 4.53. The van der Waals surface area contributed by atoms with Crippen molar-refractivity contribution in [3.8, 4) is 5.75 Å². The molecule has 2 N–H and O–H groups in total. The van der Waals surface area contributed by atoms with Gasteiger partial charge in [0.2, 0.25) is 0 Å². The summed E-state index contributed by atoms with van der Waals surface area (Å²) in [6.07, 6.45) is 3.71. The maximum Gasteiger partial charge on any atom is 0.290 e. The van der Waals surface area contributed by atoms with Gasteiger partial charge in [0.25, 0.3) is 12.4 Å². The number of aliphatic hydroxyl groups excluding tert-OH is 1. The highest BCUT2D eigenvalue weighted by atomic mass is 16.5. The Hall–Kier alpha value is -2.93. The average Bonchev–Trinajstić information content (AvgIpc) is 3.03. The number of rotatable bonds is 4. The second kappa shape index (κ2) is 9.68. The van der Waals surface area contributed by atoms with Crippen LogP contribution < -0.4 is 4.74 Å². The molecule has 1 saturated heterocycles. The van der Waals surface area contributed by atoms with E-state index in [0.717, 1.165) is 17.5 Å². The summed E-state index contributed by atoms with van der Waals surface area (Å²) in [5.74, 6) is 0.517. The Morgan fingerprint density at radius 2 is 1.96 bits per heavy atom. The number of β-amino-alcohol motifs (C(OH)–C–C–N with tert-alkyl or cyclic N) is 1. The van der Waals surface area contributed by atoms with E-state index in [1.807, 2.05) is 31.2 Å². The number of likely N-dealkylation sites (tertiary alicyclic amines) is 1. The third kappa shape index (κ3) is 5.27. The molecule has 144 valence electrons. The van der Waals surface area contributed by atoms with Crippen molar-refractivity contribution in [3.63, 3.8) is 0 Å². The zero-order valence-electron chi connectivity index (χ0n) is 15.4. The molecule has 0 bridgehead atoms. The standard InChI is InChI=1S/C19H22N2O3.CH2O2/c1-13-3-4-16(18(9-13)24-2)19(23)21-11-15(17(22)12-21)10-14-5-7-20-8-6-14;2-1-3/h3-9,15,17,22H,10-12H2,1-2H3;1H,(H,2,3)/t15-,17+;/m1./s1. The fourth-order valence-corrected chi connectivity index (χ4v) is 3.19. The maximum atomic E-state index is 12.8. The monoisotopic (exact) mass is 372 g/mol. The van der Waals surface area contributed by atoms with Crippen LogP contribution in [0.25, 0.3) is 0 Å². The Morgan fingerprint density at radius 1 is 1.30 bits per heavy atom. The van der Waals surface area contributed by atoms with Gasteiger partial charge in [0.15, 0.2) is 0 Å². The lowest BCUT2D eigenvalue weighted by Gasteiger charge is -2.18. The van der Waals surface area contributed by atoms with E-state index in [0.29, 0.717) is 24.4 Å². The van der Waals surface area contributed by atoms with Gasteiger partial charge in [-0.2, -0.15) is 0 Å². The van der Waals surface area contributed by atoms with Gasteiger partial charge < -0.3 is 19.8 Å². The number of aryl methyl sites for hydroxylation is 1. The van der Waals surface area contributed by atoms with Crippen molar-refractivity contribution in [2.45, 2.75) is 19.4 Å². The Kier molecular flexibility index (Phi) is 7.31. The number of hydrogen-bond acceptors (Lipinski definition) is 5. The lowest BCUT2D eigenvalue weighted by atomic mass is 9.97. The Bertz CT molecular complexity index is 766. The third-order valence-electron chi connectivity index (χ3n) is 4.53. The topological polar surface area (TPSA) is 100.0 Å². The van der Waals surface area contributed by atoms with Crippen molar-refractivity contribution in [1.29, 1.82) is 0 Å². The molecular weight excluding hydrogens is 348 g/mol. The Morgan fingerprint density at radius 3 is 2.59 bits per heavy atom. The van der Waals surface area contributed by atoms with Crippen molar-refractivity contribution in [2.24, 2.45) is 5.92 Å². The number of methoxy groups -OCH3 is 1. The highest BCUT2D eigenvalue weighted by Gasteiger charge is 2.35. The van der Waals surface area contributed by atoms with Crippen molar-refractivity contribution in [3.05, 3.63) is 59.4 Å². The van der Waals surface area contributed by atoms with Crippen molar-refractivity contribution in [1.82, 2.24) is 9.88 Å². The van der Waals surface area contributed by atoms with Crippen LogP contribution >= 0.6 is 0 Å². The minimum atomic E-state index is -0.515. The molecular formula is C20H24N2O5. The van der Waals surface area contributed by atoms with Crippen LogP contribution in [0.3, 0.4) is 0 Å². The Labute approximate surface area is 158 Å². The molecule has 3 rings (SSSR count). The first-order chi connectivity index (χ1) is 13.0. The molecule has 2 heterocycles. The largest absolute Gasteiger partial charge is 0.496 e. The number of carboxylic acid groups (broad SMARTS) is 1. The summed E-state index contributed by atoms with van der Waals surface area (Å²) < 4.78 is 5.34. The fourth-order valence-electron chi connectivity index (χ4n) is 3.19. The number of amides is 1. The van der Waals surface area contributed by atoms with Gasteiger partial charge in [0, 0.05) is 31.4 Å². The van der Waals surface area contributed by atoms with E-state index < -0.39 is 6.10 Å². The number of aliphatic hydroxyl groups is 1. The zero-order chi connectivity index (χ0) is 19.8. The molecule has 0 unspecified atom stereocenters. The molecule has 2 atom stereocenters. The van der Waals surface area contributed by atoms with Gasteiger partial charge in [-0.25, -0.2) is 0 Å². The Balaban J connectivity index is 0.000000817. The molecule has 27 heavy (non-hydrogen) atoms. The first-order valence-corrected chi connectivity index (χ1v) is 8.58. The number of nitrogens with zero attached hydrogens (tertiary/aromatic N) is 2. The molecule has 0 aliphatic carbocycles. The number of aromatic nitrogens is 1. The van der Waals surface area contributed by atoms with Crippen molar-refractivity contribution >= 4 is 12.4 Å². The van der Waals surface area contributed by atoms with Gasteiger partial charge >= 0.3 is 0 Å². The number of ether oxygens (including phenoxy) is 1. The van der Waals surface area contributed by atoms with E-state index >= 15 is 0 Å². The first kappa shape index (κ1) is 20.4. The van der Waals surface area contributed by atoms with Crippen LogP contribution in [0, 0.1) is 12.8 Å². The molecule has 7 heteroatoms. The second-order valence-corrected chi connectivity index (χ2v) is 6.41. The van der Waals surface area contributed by atoms with Crippen LogP contribution in [-0.2, 0) is 11.2 Å². The predicted molar refractivity (Wildman–Crippen MR) is 99.8 cm³/mol. The summed E-state index contributed by atoms with van der Waals surface area (Å²) in [5.41, 5.74) is 2.71. The summed E-state index contributed by atoms with van der Waals surface area (Å²) in [7, 11) is 1.57. The van der Waals surface area contributed by atoms with Crippen LogP contribution in [0.1, 0.15) is 21.5 Å². The van der Waals surface area contributed by atoms with Crippen LogP contribution in [0.2, 0.25) is 0 Å². The zero-order valence-corrected chi connectivity index (χ0v) is 15.4. The van der Waals surface area contributed by atoms with Gasteiger partial charge in [0.1, 0.15) is 5.75 Å².